The molecule has 0 bridgehead atoms. The van der Waals surface area contributed by atoms with Crippen LogP contribution in [0.3, 0.4) is 0 Å². The van der Waals surface area contributed by atoms with E-state index in [1.807, 2.05) is 0 Å². The minimum Gasteiger partial charge on any atom is -0.530 e. The highest BCUT2D eigenvalue weighted by molar-refractivity contribution is 5.63. The second kappa shape index (κ2) is 3.54. The fourth-order valence-electron chi connectivity index (χ4n) is 1.05. The Morgan fingerprint density at radius 2 is 2.55 bits per heavy atom. The predicted molar refractivity (Wildman–Crippen MR) is 33.8 cm³/mol. The highest BCUT2D eigenvalue weighted by Gasteiger charge is 2.21. The van der Waals surface area contributed by atoms with E-state index < -0.39 is 12.1 Å². The normalized spacial score (nSPS) is 25.2. The lowest BCUT2D eigenvalue weighted by Gasteiger charge is -2.36. The standard InChI is InChI=1S/C6H11NO4/c8-3-5-4-11-2-1-7(5)6(9)10/h5,8H,1-4H2,(H,9,10)/p-1. The molecule has 0 aromatic rings. The molecule has 5 heteroatoms. The molecule has 11 heavy (non-hydrogen) atoms. The Morgan fingerprint density at radius 1 is 1.82 bits per heavy atom. The van der Waals surface area contributed by atoms with Crippen LogP contribution < -0.4 is 5.11 Å². The van der Waals surface area contributed by atoms with Gasteiger partial charge in [-0.1, -0.05) is 0 Å². The van der Waals surface area contributed by atoms with Crippen molar-refractivity contribution in [3.8, 4) is 0 Å². The van der Waals surface area contributed by atoms with E-state index in [4.69, 9.17) is 9.84 Å². The molecule has 1 unspecified atom stereocenters. The zero-order valence-corrected chi connectivity index (χ0v) is 6.02. The summed E-state index contributed by atoms with van der Waals surface area (Å²) in [7, 11) is 0. The molecule has 1 fully saturated rings. The maximum atomic E-state index is 10.4. The van der Waals surface area contributed by atoms with Crippen LogP contribution in [0.2, 0.25) is 0 Å². The fraction of sp³-hybridized carbons (Fsp3) is 0.833. The van der Waals surface area contributed by atoms with Crippen LogP contribution in [0.4, 0.5) is 4.79 Å². The van der Waals surface area contributed by atoms with Crippen LogP contribution in [0.15, 0.2) is 0 Å². The zero-order valence-electron chi connectivity index (χ0n) is 6.02. The Balaban J connectivity index is 2.51. The molecule has 5 nitrogen and oxygen atoms in total. The zero-order chi connectivity index (χ0) is 8.27. The predicted octanol–water partition coefficient (Wildman–Crippen LogP) is -1.98. The van der Waals surface area contributed by atoms with Crippen LogP contribution in [0.1, 0.15) is 0 Å². The van der Waals surface area contributed by atoms with Crippen molar-refractivity contribution < 1.29 is 19.7 Å². The Labute approximate surface area is 64.2 Å². The van der Waals surface area contributed by atoms with Crippen LogP contribution in [0.25, 0.3) is 0 Å². The minimum atomic E-state index is -1.24. The molecule has 0 radical (unpaired) electrons. The molecule has 1 atom stereocenters. The van der Waals surface area contributed by atoms with E-state index >= 15 is 0 Å². The Morgan fingerprint density at radius 3 is 3.00 bits per heavy atom. The number of amides is 1. The van der Waals surface area contributed by atoms with E-state index in [1.165, 1.54) is 0 Å². The molecule has 1 heterocycles. The van der Waals surface area contributed by atoms with Gasteiger partial charge < -0.3 is 24.6 Å². The van der Waals surface area contributed by atoms with Crippen LogP contribution in [0.5, 0.6) is 0 Å². The third-order valence-corrected chi connectivity index (χ3v) is 1.67. The van der Waals surface area contributed by atoms with Crippen molar-refractivity contribution in [2.75, 3.05) is 26.4 Å². The van der Waals surface area contributed by atoms with Crippen molar-refractivity contribution >= 4 is 6.09 Å². The number of hydrogen-bond acceptors (Lipinski definition) is 4. The second-order valence-corrected chi connectivity index (χ2v) is 2.37. The monoisotopic (exact) mass is 160 g/mol. The number of rotatable bonds is 1. The number of hydrogen-bond donors (Lipinski definition) is 1. The molecule has 1 N–H and O–H groups in total. The average molecular weight is 160 g/mol. The van der Waals surface area contributed by atoms with Gasteiger partial charge in [-0.25, -0.2) is 0 Å². The van der Waals surface area contributed by atoms with Gasteiger partial charge in [-0.3, -0.25) is 0 Å². The molecule has 1 amide bonds. The Bertz CT molecular complexity index is 150. The summed E-state index contributed by atoms with van der Waals surface area (Å²) in [5.41, 5.74) is 0. The van der Waals surface area contributed by atoms with Gasteiger partial charge in [-0.15, -0.1) is 0 Å². The summed E-state index contributed by atoms with van der Waals surface area (Å²) in [6.45, 7) is 0.705. The summed E-state index contributed by atoms with van der Waals surface area (Å²) >= 11 is 0. The number of morpholine rings is 1. The number of carbonyl (C=O) groups is 1. The summed E-state index contributed by atoms with van der Waals surface area (Å²) in [6, 6.07) is -0.450. The first kappa shape index (κ1) is 8.29. The van der Waals surface area contributed by atoms with Crippen molar-refractivity contribution in [3.63, 3.8) is 0 Å². The topological polar surface area (TPSA) is 72.8 Å². The minimum absolute atomic E-state index is 0.214. The van der Waals surface area contributed by atoms with Gasteiger partial charge in [-0.05, 0) is 0 Å². The van der Waals surface area contributed by atoms with Crippen molar-refractivity contribution in [2.45, 2.75) is 6.04 Å². The molecule has 0 aromatic heterocycles. The lowest BCUT2D eigenvalue weighted by molar-refractivity contribution is -0.272. The van der Waals surface area contributed by atoms with Gasteiger partial charge in [0.05, 0.1) is 25.9 Å². The molecule has 1 aliphatic heterocycles. The van der Waals surface area contributed by atoms with Crippen LogP contribution in [0, 0.1) is 0 Å². The van der Waals surface area contributed by atoms with Crippen molar-refractivity contribution in [2.24, 2.45) is 0 Å². The second-order valence-electron chi connectivity index (χ2n) is 2.37. The molecule has 1 rings (SSSR count). The van der Waals surface area contributed by atoms with Crippen LogP contribution in [-0.2, 0) is 4.74 Å². The molecule has 0 saturated carbocycles. The first-order chi connectivity index (χ1) is 5.25. The molecule has 0 spiro atoms. The maximum Gasteiger partial charge on any atom is 0.137 e. The van der Waals surface area contributed by atoms with Crippen LogP contribution >= 0.6 is 0 Å². The number of nitrogens with zero attached hydrogens (tertiary/aromatic N) is 1. The highest BCUT2D eigenvalue weighted by Crippen LogP contribution is 2.04. The third kappa shape index (κ3) is 1.81. The Kier molecular flexibility index (Phi) is 2.67. The van der Waals surface area contributed by atoms with Crippen molar-refractivity contribution in [1.82, 2.24) is 4.90 Å². The number of carboxylic acid groups (broad SMARTS) is 1. The van der Waals surface area contributed by atoms with Gasteiger partial charge in [0.25, 0.3) is 0 Å². The van der Waals surface area contributed by atoms with E-state index in [0.717, 1.165) is 4.90 Å². The van der Waals surface area contributed by atoms with E-state index in [9.17, 15) is 9.90 Å². The van der Waals surface area contributed by atoms with Gasteiger partial charge in [0.1, 0.15) is 6.09 Å². The molecular weight excluding hydrogens is 150 g/mol. The largest absolute Gasteiger partial charge is 0.530 e. The molecule has 64 valence electrons. The first-order valence-corrected chi connectivity index (χ1v) is 3.42. The van der Waals surface area contributed by atoms with E-state index in [0.29, 0.717) is 6.61 Å². The molecule has 1 aliphatic rings. The van der Waals surface area contributed by atoms with Gasteiger partial charge in [0.15, 0.2) is 0 Å². The lowest BCUT2D eigenvalue weighted by Crippen LogP contribution is -2.54. The van der Waals surface area contributed by atoms with Gasteiger partial charge in [-0.2, -0.15) is 0 Å². The quantitative estimate of drug-likeness (QED) is 0.482. The summed E-state index contributed by atoms with van der Waals surface area (Å²) in [6.07, 6.45) is -1.24. The summed E-state index contributed by atoms with van der Waals surface area (Å²) < 4.78 is 4.96. The highest BCUT2D eigenvalue weighted by atomic mass is 16.5. The van der Waals surface area contributed by atoms with Crippen molar-refractivity contribution in [1.29, 1.82) is 0 Å². The lowest BCUT2D eigenvalue weighted by atomic mass is 10.2. The molecule has 0 aliphatic carbocycles. The number of aliphatic hydroxyl groups is 1. The number of carbonyl (C=O) groups excluding carboxylic acids is 1. The molecule has 1 saturated heterocycles. The number of aliphatic hydroxyl groups excluding tert-OH is 1. The van der Waals surface area contributed by atoms with Crippen LogP contribution in [-0.4, -0.2) is 48.5 Å². The molecule has 0 aromatic carbocycles. The maximum absolute atomic E-state index is 10.4. The third-order valence-electron chi connectivity index (χ3n) is 1.67. The van der Waals surface area contributed by atoms with Gasteiger partial charge >= 0.3 is 0 Å². The number of ether oxygens (including phenoxy) is 1. The van der Waals surface area contributed by atoms with Crippen molar-refractivity contribution in [3.05, 3.63) is 0 Å². The van der Waals surface area contributed by atoms with Gasteiger partial charge in [0, 0.05) is 6.54 Å². The van der Waals surface area contributed by atoms with E-state index in [1.54, 1.807) is 0 Å². The first-order valence-electron chi connectivity index (χ1n) is 3.42. The summed E-state index contributed by atoms with van der Waals surface area (Å²) in [5.74, 6) is 0. The average Bonchev–Trinajstić information content (AvgIpc) is 2.04. The summed E-state index contributed by atoms with van der Waals surface area (Å²) in [4.78, 5) is 11.5. The van der Waals surface area contributed by atoms with E-state index in [-0.39, 0.29) is 19.8 Å². The SMILES string of the molecule is O=C([O-])N1CCOCC1CO. The fourth-order valence-corrected chi connectivity index (χ4v) is 1.05. The molecular formula is C6H10NO4-. The van der Waals surface area contributed by atoms with E-state index in [2.05, 4.69) is 0 Å². The summed E-state index contributed by atoms with van der Waals surface area (Å²) in [5, 5.41) is 19.1. The Hall–Kier alpha value is -0.810. The smallest absolute Gasteiger partial charge is 0.137 e. The van der Waals surface area contributed by atoms with Gasteiger partial charge in [0.2, 0.25) is 0 Å².